The molecule has 1 heterocycles. The highest BCUT2D eigenvalue weighted by atomic mass is 16.4. The van der Waals surface area contributed by atoms with Crippen molar-refractivity contribution < 1.29 is 14.3 Å². The molecule has 2 rings (SSSR count). The number of furan rings is 1. The molecule has 2 aromatic rings. The molecule has 4 heteroatoms. The minimum atomic E-state index is -0.953. The number of rotatable bonds is 2. The van der Waals surface area contributed by atoms with Gasteiger partial charge in [0.2, 0.25) is 0 Å². The van der Waals surface area contributed by atoms with Crippen molar-refractivity contribution in [3.05, 3.63) is 29.5 Å². The summed E-state index contributed by atoms with van der Waals surface area (Å²) in [5.41, 5.74) is 2.41. The summed E-state index contributed by atoms with van der Waals surface area (Å²) in [6.07, 6.45) is 1.50. The van der Waals surface area contributed by atoms with Gasteiger partial charge in [-0.1, -0.05) is 0 Å². The van der Waals surface area contributed by atoms with Crippen LogP contribution in [0.2, 0.25) is 0 Å². The van der Waals surface area contributed by atoms with Crippen molar-refractivity contribution in [2.75, 3.05) is 12.4 Å². The van der Waals surface area contributed by atoms with Crippen LogP contribution in [0.3, 0.4) is 0 Å². The van der Waals surface area contributed by atoms with Crippen LogP contribution in [0.5, 0.6) is 0 Å². The van der Waals surface area contributed by atoms with Crippen molar-refractivity contribution in [1.29, 1.82) is 0 Å². The first-order valence-corrected chi connectivity index (χ1v) is 4.57. The van der Waals surface area contributed by atoms with Gasteiger partial charge in [0.1, 0.15) is 5.58 Å². The maximum atomic E-state index is 11.1. The van der Waals surface area contributed by atoms with Gasteiger partial charge in [-0.3, -0.25) is 0 Å². The molecule has 1 aromatic heterocycles. The molecule has 78 valence electrons. The lowest BCUT2D eigenvalue weighted by Crippen LogP contribution is -2.03. The van der Waals surface area contributed by atoms with Crippen LogP contribution in [-0.2, 0) is 0 Å². The monoisotopic (exact) mass is 205 g/mol. The van der Waals surface area contributed by atoms with Crippen molar-refractivity contribution in [3.63, 3.8) is 0 Å². The molecule has 4 nitrogen and oxygen atoms in total. The quantitative estimate of drug-likeness (QED) is 0.790. The molecule has 0 aliphatic rings. The van der Waals surface area contributed by atoms with E-state index in [1.165, 1.54) is 6.26 Å². The average Bonchev–Trinajstić information content (AvgIpc) is 2.65. The molecule has 15 heavy (non-hydrogen) atoms. The van der Waals surface area contributed by atoms with Crippen LogP contribution in [0, 0.1) is 6.92 Å². The first-order chi connectivity index (χ1) is 7.15. The van der Waals surface area contributed by atoms with Crippen LogP contribution in [0.1, 0.15) is 15.9 Å². The van der Waals surface area contributed by atoms with E-state index in [4.69, 9.17) is 9.52 Å². The van der Waals surface area contributed by atoms with Crippen molar-refractivity contribution in [2.24, 2.45) is 0 Å². The summed E-state index contributed by atoms with van der Waals surface area (Å²) in [4.78, 5) is 11.1. The highest BCUT2D eigenvalue weighted by Crippen LogP contribution is 2.29. The minimum Gasteiger partial charge on any atom is -0.478 e. The third kappa shape index (κ3) is 1.34. The van der Waals surface area contributed by atoms with Gasteiger partial charge in [-0.05, 0) is 24.6 Å². The zero-order chi connectivity index (χ0) is 11.0. The van der Waals surface area contributed by atoms with Crippen LogP contribution in [0.15, 0.2) is 22.8 Å². The molecule has 1 aromatic carbocycles. The molecular formula is C11H11NO3. The summed E-state index contributed by atoms with van der Waals surface area (Å²) in [5.74, 6) is -0.953. The molecule has 0 spiro atoms. The van der Waals surface area contributed by atoms with Crippen LogP contribution in [-0.4, -0.2) is 18.1 Å². The Morgan fingerprint density at radius 1 is 1.53 bits per heavy atom. The molecule has 2 N–H and O–H groups in total. The average molecular weight is 205 g/mol. The Labute approximate surface area is 86.5 Å². The molecule has 0 saturated heterocycles. The van der Waals surface area contributed by atoms with E-state index in [-0.39, 0.29) is 5.56 Å². The summed E-state index contributed by atoms with van der Waals surface area (Å²) in [6.45, 7) is 1.89. The summed E-state index contributed by atoms with van der Waals surface area (Å²) >= 11 is 0. The topological polar surface area (TPSA) is 62.5 Å². The van der Waals surface area contributed by atoms with Crippen molar-refractivity contribution in [1.82, 2.24) is 0 Å². The maximum Gasteiger partial charge on any atom is 0.338 e. The van der Waals surface area contributed by atoms with Gasteiger partial charge in [-0.2, -0.15) is 0 Å². The Morgan fingerprint density at radius 3 is 2.87 bits per heavy atom. The van der Waals surface area contributed by atoms with E-state index in [1.807, 2.05) is 6.92 Å². The number of benzene rings is 1. The molecule has 0 radical (unpaired) electrons. The molecule has 0 atom stereocenters. The van der Waals surface area contributed by atoms with Gasteiger partial charge in [0.15, 0.2) is 0 Å². The molecular weight excluding hydrogens is 194 g/mol. The van der Waals surface area contributed by atoms with Crippen LogP contribution >= 0.6 is 0 Å². The van der Waals surface area contributed by atoms with Gasteiger partial charge >= 0.3 is 5.97 Å². The Morgan fingerprint density at radius 2 is 2.27 bits per heavy atom. The largest absolute Gasteiger partial charge is 0.478 e. The van der Waals surface area contributed by atoms with Crippen molar-refractivity contribution >= 4 is 22.6 Å². The Balaban J connectivity index is 2.89. The summed E-state index contributed by atoms with van der Waals surface area (Å²) in [6, 6.07) is 3.45. The van der Waals surface area contributed by atoms with Crippen molar-refractivity contribution in [3.8, 4) is 0 Å². The summed E-state index contributed by atoms with van der Waals surface area (Å²) in [7, 11) is 1.70. The van der Waals surface area contributed by atoms with E-state index >= 15 is 0 Å². The molecule has 0 amide bonds. The lowest BCUT2D eigenvalue weighted by molar-refractivity contribution is 0.0700. The summed E-state index contributed by atoms with van der Waals surface area (Å²) < 4.78 is 5.25. The normalized spacial score (nSPS) is 10.5. The fourth-order valence-electron chi connectivity index (χ4n) is 1.74. The lowest BCUT2D eigenvalue weighted by Gasteiger charge is -2.07. The molecule has 0 saturated carbocycles. The first kappa shape index (κ1) is 9.58. The Bertz CT molecular complexity index is 528. The fourth-order valence-corrected chi connectivity index (χ4v) is 1.74. The van der Waals surface area contributed by atoms with Crippen LogP contribution < -0.4 is 5.32 Å². The molecule has 0 aliphatic carbocycles. The molecule has 0 unspecified atom stereocenters. The second-order valence-corrected chi connectivity index (χ2v) is 3.33. The number of hydrogen-bond acceptors (Lipinski definition) is 3. The molecule has 0 bridgehead atoms. The smallest absolute Gasteiger partial charge is 0.338 e. The van der Waals surface area contributed by atoms with Crippen LogP contribution in [0.4, 0.5) is 5.69 Å². The highest BCUT2D eigenvalue weighted by molar-refractivity contribution is 6.08. The van der Waals surface area contributed by atoms with Crippen LogP contribution in [0.25, 0.3) is 11.0 Å². The zero-order valence-corrected chi connectivity index (χ0v) is 8.50. The second-order valence-electron chi connectivity index (χ2n) is 3.33. The highest BCUT2D eigenvalue weighted by Gasteiger charge is 2.17. The minimum absolute atomic E-state index is 0.256. The SMILES string of the molecule is CNc1cc(C)c2occc2c1C(=O)O. The van der Waals surface area contributed by atoms with Gasteiger partial charge in [-0.15, -0.1) is 0 Å². The number of carboxylic acid groups (broad SMARTS) is 1. The van der Waals surface area contributed by atoms with E-state index in [0.29, 0.717) is 16.7 Å². The number of anilines is 1. The van der Waals surface area contributed by atoms with Gasteiger partial charge in [0.25, 0.3) is 0 Å². The van der Waals surface area contributed by atoms with E-state index in [9.17, 15) is 4.79 Å². The van der Waals surface area contributed by atoms with E-state index < -0.39 is 5.97 Å². The third-order valence-corrected chi connectivity index (χ3v) is 2.41. The fraction of sp³-hybridized carbons (Fsp3) is 0.182. The van der Waals surface area contributed by atoms with E-state index in [1.54, 1.807) is 19.2 Å². The van der Waals surface area contributed by atoms with Gasteiger partial charge < -0.3 is 14.8 Å². The summed E-state index contributed by atoms with van der Waals surface area (Å²) in [5, 5.41) is 12.6. The number of carbonyl (C=O) groups is 1. The molecule has 0 fully saturated rings. The number of aryl methyl sites for hydroxylation is 1. The lowest BCUT2D eigenvalue weighted by atomic mass is 10.0. The van der Waals surface area contributed by atoms with E-state index in [0.717, 1.165) is 5.56 Å². The second kappa shape index (κ2) is 3.31. The predicted molar refractivity (Wildman–Crippen MR) is 57.5 cm³/mol. The number of carboxylic acids is 1. The van der Waals surface area contributed by atoms with Gasteiger partial charge in [0, 0.05) is 18.1 Å². The van der Waals surface area contributed by atoms with Crippen molar-refractivity contribution in [2.45, 2.75) is 6.92 Å². The van der Waals surface area contributed by atoms with Gasteiger partial charge in [0.05, 0.1) is 11.8 Å². The maximum absolute atomic E-state index is 11.1. The number of fused-ring (bicyclic) bond motifs is 1. The Kier molecular flexibility index (Phi) is 2.11. The van der Waals surface area contributed by atoms with Gasteiger partial charge in [-0.25, -0.2) is 4.79 Å². The number of aromatic carboxylic acids is 1. The molecule has 0 aliphatic heterocycles. The number of nitrogens with one attached hydrogen (secondary N) is 1. The zero-order valence-electron chi connectivity index (χ0n) is 8.50. The standard InChI is InChI=1S/C11H11NO3/c1-6-5-8(12-2)9(11(13)14)7-3-4-15-10(6)7/h3-5,12H,1-2H3,(H,13,14). The Hall–Kier alpha value is -1.97. The van der Waals surface area contributed by atoms with E-state index in [2.05, 4.69) is 5.32 Å². The third-order valence-electron chi connectivity index (χ3n) is 2.41. The predicted octanol–water partition coefficient (Wildman–Crippen LogP) is 2.48. The number of hydrogen-bond donors (Lipinski definition) is 2. The first-order valence-electron chi connectivity index (χ1n) is 4.57.